The van der Waals surface area contributed by atoms with Gasteiger partial charge in [0.1, 0.15) is 17.3 Å². The molecule has 160 valence electrons. The van der Waals surface area contributed by atoms with E-state index in [0.29, 0.717) is 17.9 Å². The standard InChI is InChI=1S/C24H25N3O3S/c1-16-8-9-17(30-16)15-26-23-11-10-20-21(27-23)6-4-13-24(20,25)19-12-14-31(28,29)22-7-3-2-5-18(19)22/h2-11,13,19,26-27H,12,14-15,25H2,1H3. The van der Waals surface area contributed by atoms with Crippen molar-refractivity contribution in [3.8, 4) is 0 Å². The van der Waals surface area contributed by atoms with Crippen LogP contribution in [-0.4, -0.2) is 19.7 Å². The molecule has 2 unspecified atom stereocenters. The lowest BCUT2D eigenvalue weighted by molar-refractivity contribution is 0.446. The van der Waals surface area contributed by atoms with Gasteiger partial charge >= 0.3 is 0 Å². The number of rotatable bonds is 4. The molecule has 6 nitrogen and oxygen atoms in total. The summed E-state index contributed by atoms with van der Waals surface area (Å²) < 4.78 is 30.8. The summed E-state index contributed by atoms with van der Waals surface area (Å²) in [6.07, 6.45) is 10.4. The molecule has 0 spiro atoms. The fourth-order valence-corrected chi connectivity index (χ4v) is 6.29. The van der Waals surface area contributed by atoms with E-state index in [2.05, 4.69) is 10.6 Å². The molecule has 3 aliphatic rings. The molecule has 2 aliphatic heterocycles. The summed E-state index contributed by atoms with van der Waals surface area (Å²) in [7, 11) is -3.27. The molecule has 0 fully saturated rings. The first kappa shape index (κ1) is 19.9. The van der Waals surface area contributed by atoms with Gasteiger partial charge in [0.25, 0.3) is 0 Å². The zero-order valence-corrected chi connectivity index (χ0v) is 18.1. The monoisotopic (exact) mass is 435 g/mol. The van der Waals surface area contributed by atoms with E-state index in [1.165, 1.54) is 0 Å². The number of nitrogens with one attached hydrogen (secondary N) is 2. The molecule has 1 aliphatic carbocycles. The second-order valence-corrected chi connectivity index (χ2v) is 10.3. The highest BCUT2D eigenvalue weighted by atomic mass is 32.2. The highest BCUT2D eigenvalue weighted by Crippen LogP contribution is 2.45. The van der Waals surface area contributed by atoms with Gasteiger partial charge in [-0.1, -0.05) is 36.4 Å². The van der Waals surface area contributed by atoms with Crippen LogP contribution in [-0.2, 0) is 16.4 Å². The number of benzene rings is 1. The second-order valence-electron chi connectivity index (χ2n) is 8.22. The number of fused-ring (bicyclic) bond motifs is 2. The lowest BCUT2D eigenvalue weighted by Crippen LogP contribution is -2.51. The van der Waals surface area contributed by atoms with Crippen molar-refractivity contribution in [1.82, 2.24) is 10.6 Å². The number of furan rings is 1. The lowest BCUT2D eigenvalue weighted by Gasteiger charge is -2.43. The van der Waals surface area contributed by atoms with Gasteiger partial charge in [-0.15, -0.1) is 0 Å². The van der Waals surface area contributed by atoms with Crippen LogP contribution in [0.25, 0.3) is 0 Å². The first-order chi connectivity index (χ1) is 14.9. The Hall–Kier alpha value is -3.03. The van der Waals surface area contributed by atoms with Crippen LogP contribution < -0.4 is 16.4 Å². The average molecular weight is 436 g/mol. The van der Waals surface area contributed by atoms with Gasteiger partial charge in [-0.05, 0) is 49.3 Å². The lowest BCUT2D eigenvalue weighted by atomic mass is 9.70. The van der Waals surface area contributed by atoms with Gasteiger partial charge in [0.05, 0.1) is 22.7 Å². The molecule has 1 aromatic heterocycles. The first-order valence-electron chi connectivity index (χ1n) is 10.4. The normalized spacial score (nSPS) is 26.0. The summed E-state index contributed by atoms with van der Waals surface area (Å²) in [4.78, 5) is 0.400. The summed E-state index contributed by atoms with van der Waals surface area (Å²) in [6, 6.07) is 11.1. The van der Waals surface area contributed by atoms with Crippen LogP contribution in [0.4, 0.5) is 0 Å². The zero-order chi connectivity index (χ0) is 21.6. The molecule has 0 saturated carbocycles. The number of hydrogen-bond donors (Lipinski definition) is 3. The summed E-state index contributed by atoms with van der Waals surface area (Å²) in [5.41, 5.74) is 8.87. The molecule has 0 amide bonds. The molecular formula is C24H25N3O3S. The van der Waals surface area contributed by atoms with Gasteiger partial charge < -0.3 is 20.8 Å². The van der Waals surface area contributed by atoms with Gasteiger partial charge in [0, 0.05) is 17.2 Å². The molecule has 0 radical (unpaired) electrons. The maximum absolute atomic E-state index is 12.6. The zero-order valence-electron chi connectivity index (χ0n) is 17.3. The fraction of sp³-hybridized carbons (Fsp3) is 0.250. The smallest absolute Gasteiger partial charge is 0.178 e. The summed E-state index contributed by atoms with van der Waals surface area (Å²) in [5, 5.41) is 6.76. The predicted octanol–water partition coefficient (Wildman–Crippen LogP) is 3.16. The Morgan fingerprint density at radius 1 is 1.19 bits per heavy atom. The Bertz CT molecular complexity index is 1270. The molecule has 0 bridgehead atoms. The molecule has 0 saturated heterocycles. The summed E-state index contributed by atoms with van der Waals surface area (Å²) >= 11 is 0. The maximum Gasteiger partial charge on any atom is 0.178 e. The highest BCUT2D eigenvalue weighted by Gasteiger charge is 2.44. The van der Waals surface area contributed by atoms with Crippen molar-refractivity contribution < 1.29 is 12.8 Å². The Kier molecular flexibility index (Phi) is 4.68. The van der Waals surface area contributed by atoms with Crippen molar-refractivity contribution >= 4 is 9.84 Å². The Morgan fingerprint density at radius 3 is 2.84 bits per heavy atom. The number of aryl methyl sites for hydroxylation is 1. The van der Waals surface area contributed by atoms with Crippen LogP contribution in [0.3, 0.4) is 0 Å². The van der Waals surface area contributed by atoms with E-state index in [9.17, 15) is 8.42 Å². The van der Waals surface area contributed by atoms with E-state index < -0.39 is 15.4 Å². The Morgan fingerprint density at radius 2 is 2.03 bits per heavy atom. The molecule has 1 aromatic carbocycles. The van der Waals surface area contributed by atoms with Gasteiger partial charge in [-0.3, -0.25) is 0 Å². The minimum absolute atomic E-state index is 0.104. The van der Waals surface area contributed by atoms with Crippen LogP contribution in [0, 0.1) is 6.92 Å². The van der Waals surface area contributed by atoms with Crippen LogP contribution in [0.5, 0.6) is 0 Å². The molecule has 7 heteroatoms. The average Bonchev–Trinajstić information content (AvgIpc) is 3.17. The number of sulfone groups is 1. The third-order valence-electron chi connectivity index (χ3n) is 6.21. The van der Waals surface area contributed by atoms with E-state index >= 15 is 0 Å². The van der Waals surface area contributed by atoms with E-state index in [-0.39, 0.29) is 11.7 Å². The van der Waals surface area contributed by atoms with Crippen molar-refractivity contribution in [3.05, 3.63) is 101 Å². The SMILES string of the molecule is Cc1ccc(CNC2=CC=C3C(=CC=CC3(N)C3CCS(=O)(=O)c4ccccc43)N2)o1. The second kappa shape index (κ2) is 7.28. The fourth-order valence-electron chi connectivity index (χ4n) is 4.67. The summed E-state index contributed by atoms with van der Waals surface area (Å²) in [6.45, 7) is 2.49. The molecule has 3 heterocycles. The van der Waals surface area contributed by atoms with Crippen molar-refractivity contribution in [2.75, 3.05) is 5.75 Å². The number of dihydropyridines is 1. The van der Waals surface area contributed by atoms with E-state index in [4.69, 9.17) is 10.2 Å². The molecule has 2 atom stereocenters. The van der Waals surface area contributed by atoms with Crippen molar-refractivity contribution in [2.24, 2.45) is 5.73 Å². The van der Waals surface area contributed by atoms with Crippen molar-refractivity contribution in [1.29, 1.82) is 0 Å². The van der Waals surface area contributed by atoms with Gasteiger partial charge in [-0.25, -0.2) is 8.42 Å². The highest BCUT2D eigenvalue weighted by molar-refractivity contribution is 7.91. The number of hydrogen-bond acceptors (Lipinski definition) is 6. The van der Waals surface area contributed by atoms with E-state index in [1.54, 1.807) is 12.1 Å². The first-order valence-corrected chi connectivity index (χ1v) is 12.0. The van der Waals surface area contributed by atoms with Crippen molar-refractivity contribution in [2.45, 2.75) is 36.2 Å². The minimum atomic E-state index is -3.27. The Labute approximate surface area is 182 Å². The number of nitrogens with two attached hydrogens (primary N) is 1. The molecule has 2 aromatic rings. The van der Waals surface area contributed by atoms with Crippen LogP contribution in [0.15, 0.2) is 93.2 Å². The van der Waals surface area contributed by atoms with Gasteiger partial charge in [0.2, 0.25) is 0 Å². The van der Waals surface area contributed by atoms with E-state index in [0.717, 1.165) is 34.2 Å². The van der Waals surface area contributed by atoms with Crippen LogP contribution in [0.1, 0.15) is 29.4 Å². The summed E-state index contributed by atoms with van der Waals surface area (Å²) in [5.74, 6) is 2.57. The van der Waals surface area contributed by atoms with Crippen LogP contribution >= 0.6 is 0 Å². The van der Waals surface area contributed by atoms with Crippen LogP contribution in [0.2, 0.25) is 0 Å². The van der Waals surface area contributed by atoms with E-state index in [1.807, 2.05) is 61.6 Å². The van der Waals surface area contributed by atoms with Gasteiger partial charge in [-0.2, -0.15) is 0 Å². The predicted molar refractivity (Wildman–Crippen MR) is 120 cm³/mol. The van der Waals surface area contributed by atoms with Crippen molar-refractivity contribution in [3.63, 3.8) is 0 Å². The number of allylic oxidation sites excluding steroid dienone is 4. The third kappa shape index (κ3) is 3.43. The Balaban J connectivity index is 1.46. The molecular weight excluding hydrogens is 410 g/mol. The quantitative estimate of drug-likeness (QED) is 0.683. The maximum atomic E-state index is 12.6. The molecule has 4 N–H and O–H groups in total. The minimum Gasteiger partial charge on any atom is -0.465 e. The largest absolute Gasteiger partial charge is 0.465 e. The molecule has 5 rings (SSSR count). The van der Waals surface area contributed by atoms with Gasteiger partial charge in [0.15, 0.2) is 9.84 Å². The topological polar surface area (TPSA) is 97.4 Å². The third-order valence-corrected chi connectivity index (χ3v) is 8.02. The molecule has 31 heavy (non-hydrogen) atoms.